The summed E-state index contributed by atoms with van der Waals surface area (Å²) in [6.07, 6.45) is 4.65. The van der Waals surface area contributed by atoms with E-state index in [4.69, 9.17) is 0 Å². The van der Waals surface area contributed by atoms with E-state index >= 15 is 0 Å². The minimum atomic E-state index is -1.13. The molecule has 0 saturated carbocycles. The molecule has 0 bridgehead atoms. The Morgan fingerprint density at radius 1 is 1.40 bits per heavy atom. The summed E-state index contributed by atoms with van der Waals surface area (Å²) in [5, 5.41) is 10.1. The maximum absolute atomic E-state index is 10.1. The Hall–Kier alpha value is -0.0500. The Morgan fingerprint density at radius 3 is 2.00 bits per heavy atom. The first kappa shape index (κ1) is 12.6. The maximum Gasteiger partial charge on any atom is 1.00 e. The van der Waals surface area contributed by atoms with Crippen LogP contribution in [0.1, 0.15) is 13.8 Å². The van der Waals surface area contributed by atoms with Crippen LogP contribution < -0.4 is 34.7 Å². The van der Waals surface area contributed by atoms with Gasteiger partial charge in [0.1, 0.15) is 0 Å². The average Bonchev–Trinajstić information content (AvgIpc) is 1.82. The minimum absolute atomic E-state index is 0. The Bertz CT molecular complexity index is 159. The molecule has 2 nitrogen and oxygen atoms in total. The summed E-state index contributed by atoms with van der Waals surface area (Å²) >= 11 is 0. The van der Waals surface area contributed by atoms with E-state index in [1.54, 1.807) is 19.9 Å². The van der Waals surface area contributed by atoms with Crippen molar-refractivity contribution in [2.45, 2.75) is 13.8 Å². The van der Waals surface area contributed by atoms with Gasteiger partial charge in [0.2, 0.25) is 0 Å². The topological polar surface area (TPSA) is 40.1 Å². The molecule has 0 unspecified atom stereocenters. The van der Waals surface area contributed by atoms with Crippen molar-refractivity contribution in [1.29, 1.82) is 0 Å². The van der Waals surface area contributed by atoms with Gasteiger partial charge >= 0.3 is 29.6 Å². The number of hydrogen-bond acceptors (Lipinski definition) is 2. The summed E-state index contributed by atoms with van der Waals surface area (Å²) in [6, 6.07) is 0. The maximum atomic E-state index is 10.1. The van der Waals surface area contributed by atoms with Gasteiger partial charge in [-0.15, -0.1) is 0 Å². The van der Waals surface area contributed by atoms with Crippen LogP contribution in [0.5, 0.6) is 0 Å². The van der Waals surface area contributed by atoms with Crippen LogP contribution in [0, 0.1) is 0 Å². The third kappa shape index (κ3) is 4.79. The molecule has 0 aromatic carbocycles. The van der Waals surface area contributed by atoms with E-state index in [1.165, 1.54) is 12.2 Å². The fourth-order valence-corrected chi connectivity index (χ4v) is 0.462. The van der Waals surface area contributed by atoms with Crippen molar-refractivity contribution in [2.24, 2.45) is 0 Å². The Balaban J connectivity index is 0. The molecule has 3 heteroatoms. The second kappa shape index (κ2) is 7.06. The third-order valence-corrected chi connectivity index (χ3v) is 0.893. The van der Waals surface area contributed by atoms with Gasteiger partial charge in [-0.05, 0) is 19.4 Å². The van der Waals surface area contributed by atoms with Gasteiger partial charge in [-0.3, -0.25) is 0 Å². The van der Waals surface area contributed by atoms with Crippen LogP contribution in [-0.4, -0.2) is 5.97 Å². The van der Waals surface area contributed by atoms with Gasteiger partial charge < -0.3 is 9.90 Å². The summed E-state index contributed by atoms with van der Waals surface area (Å²) in [4.78, 5) is 10.1. The number of allylic oxidation sites excluding steroid dienone is 2. The van der Waals surface area contributed by atoms with Crippen molar-refractivity contribution < 1.29 is 39.5 Å². The summed E-state index contributed by atoms with van der Waals surface area (Å²) in [6.45, 7) is 3.41. The third-order valence-electron chi connectivity index (χ3n) is 0.893. The molecule has 0 aromatic heterocycles. The van der Waals surface area contributed by atoms with Crippen LogP contribution in [0.3, 0.4) is 0 Å². The van der Waals surface area contributed by atoms with Crippen molar-refractivity contribution in [3.8, 4) is 0 Å². The molecule has 0 fully saturated rings. The Kier molecular flexibility index (Phi) is 8.91. The molecule has 0 aliphatic heterocycles. The number of carboxylic acids is 1. The van der Waals surface area contributed by atoms with Gasteiger partial charge in [-0.2, -0.15) is 0 Å². The Labute approximate surface area is 82.9 Å². The van der Waals surface area contributed by atoms with Gasteiger partial charge in [0, 0.05) is 0 Å². The fourth-order valence-electron chi connectivity index (χ4n) is 0.462. The normalized spacial score (nSPS) is 11.2. The Morgan fingerprint density at radius 2 is 1.90 bits per heavy atom. The van der Waals surface area contributed by atoms with Crippen LogP contribution in [-0.2, 0) is 4.79 Å². The molecule has 0 saturated heterocycles. The SMILES string of the molecule is C/C=C\C(=C/C)C(=O)[O-].[Na+]. The number of rotatable bonds is 2. The quantitative estimate of drug-likeness (QED) is 0.242. The predicted octanol–water partition coefficient (Wildman–Crippen LogP) is -2.74. The van der Waals surface area contributed by atoms with Crippen molar-refractivity contribution in [3.05, 3.63) is 23.8 Å². The monoisotopic (exact) mass is 148 g/mol. The molecule has 0 atom stereocenters. The summed E-state index contributed by atoms with van der Waals surface area (Å²) in [5.41, 5.74) is 0.220. The number of carbonyl (C=O) groups excluding carboxylic acids is 1. The van der Waals surface area contributed by atoms with Crippen molar-refractivity contribution in [3.63, 3.8) is 0 Å². The molecule has 0 spiro atoms. The molecule has 0 aliphatic carbocycles. The van der Waals surface area contributed by atoms with Gasteiger partial charge in [-0.1, -0.05) is 18.2 Å². The zero-order valence-electron chi connectivity index (χ0n) is 6.55. The van der Waals surface area contributed by atoms with Crippen LogP contribution >= 0.6 is 0 Å². The zero-order chi connectivity index (χ0) is 7.28. The zero-order valence-corrected chi connectivity index (χ0v) is 8.55. The first-order valence-electron chi connectivity index (χ1n) is 2.72. The predicted molar refractivity (Wildman–Crippen MR) is 33.6 cm³/mol. The molecule has 50 valence electrons. The molecule has 0 heterocycles. The van der Waals surface area contributed by atoms with Gasteiger partial charge in [-0.25, -0.2) is 0 Å². The average molecular weight is 148 g/mol. The minimum Gasteiger partial charge on any atom is -0.545 e. The van der Waals surface area contributed by atoms with Gasteiger partial charge in [0.05, 0.1) is 5.97 Å². The molecular weight excluding hydrogens is 139 g/mol. The largest absolute Gasteiger partial charge is 1.00 e. The van der Waals surface area contributed by atoms with Crippen LogP contribution in [0.2, 0.25) is 0 Å². The van der Waals surface area contributed by atoms with Crippen molar-refractivity contribution in [2.75, 3.05) is 0 Å². The van der Waals surface area contributed by atoms with E-state index in [0.29, 0.717) is 0 Å². The van der Waals surface area contributed by atoms with Gasteiger partial charge in [0.15, 0.2) is 0 Å². The number of aliphatic carboxylic acids is 1. The molecule has 0 radical (unpaired) electrons. The van der Waals surface area contributed by atoms with Crippen LogP contribution in [0.4, 0.5) is 0 Å². The molecule has 0 rings (SSSR count). The first-order valence-corrected chi connectivity index (χ1v) is 2.72. The standard InChI is InChI=1S/C7H10O2.Na/c1-3-5-6(4-2)7(8)9;/h3-5H,1-2H3,(H,8,9);/q;+1/p-1/b5-3-,6-4+;. The fraction of sp³-hybridized carbons (Fsp3) is 0.286. The van der Waals surface area contributed by atoms with E-state index < -0.39 is 5.97 Å². The first-order chi connectivity index (χ1) is 4.22. The van der Waals surface area contributed by atoms with E-state index in [2.05, 4.69) is 0 Å². The molecule has 0 aliphatic rings. The van der Waals surface area contributed by atoms with Crippen LogP contribution in [0.25, 0.3) is 0 Å². The van der Waals surface area contributed by atoms with E-state index in [0.717, 1.165) is 0 Å². The van der Waals surface area contributed by atoms with E-state index in [9.17, 15) is 9.90 Å². The molecular formula is C7H9NaO2. The summed E-state index contributed by atoms with van der Waals surface area (Å²) in [7, 11) is 0. The molecule has 0 aromatic rings. The molecule has 0 amide bonds. The second-order valence-electron chi connectivity index (χ2n) is 1.53. The van der Waals surface area contributed by atoms with E-state index in [-0.39, 0.29) is 35.1 Å². The summed E-state index contributed by atoms with van der Waals surface area (Å²) in [5.74, 6) is -1.13. The van der Waals surface area contributed by atoms with Crippen molar-refractivity contribution in [1.82, 2.24) is 0 Å². The number of carboxylic acid groups (broad SMARTS) is 1. The molecule has 10 heavy (non-hydrogen) atoms. The smallest absolute Gasteiger partial charge is 0.545 e. The second-order valence-corrected chi connectivity index (χ2v) is 1.53. The number of carbonyl (C=O) groups is 1. The van der Waals surface area contributed by atoms with E-state index in [1.807, 2.05) is 0 Å². The van der Waals surface area contributed by atoms with Gasteiger partial charge in [0.25, 0.3) is 0 Å². The summed E-state index contributed by atoms with van der Waals surface area (Å²) < 4.78 is 0. The number of hydrogen-bond donors (Lipinski definition) is 0. The van der Waals surface area contributed by atoms with Crippen molar-refractivity contribution >= 4 is 5.97 Å². The van der Waals surface area contributed by atoms with Crippen LogP contribution in [0.15, 0.2) is 23.8 Å². The molecule has 0 N–H and O–H groups in total.